The number of carbonyl (C=O) groups excluding carboxylic acids is 1. The highest BCUT2D eigenvalue weighted by molar-refractivity contribution is 7.93. The van der Waals surface area contributed by atoms with Gasteiger partial charge in [0, 0.05) is 38.3 Å². The number of anilines is 1. The van der Waals surface area contributed by atoms with Crippen LogP contribution in [-0.4, -0.2) is 76.7 Å². The van der Waals surface area contributed by atoms with Gasteiger partial charge in [-0.3, -0.25) is 14.0 Å². The molecule has 0 aliphatic carbocycles. The summed E-state index contributed by atoms with van der Waals surface area (Å²) < 4.78 is 71.9. The number of nitrogens with zero attached hydrogens (tertiary/aromatic N) is 3. The number of carbonyl (C=O) groups is 1. The zero-order valence-electron chi connectivity index (χ0n) is 18.7. The number of piperazine rings is 1. The van der Waals surface area contributed by atoms with Gasteiger partial charge in [0.05, 0.1) is 19.3 Å². The van der Waals surface area contributed by atoms with Crippen LogP contribution in [0.15, 0.2) is 47.4 Å². The third kappa shape index (κ3) is 5.00. The van der Waals surface area contributed by atoms with Gasteiger partial charge in [0.25, 0.3) is 15.9 Å². The van der Waals surface area contributed by atoms with Crippen LogP contribution in [0.2, 0.25) is 0 Å². The summed E-state index contributed by atoms with van der Waals surface area (Å²) in [7, 11) is -2.67. The summed E-state index contributed by atoms with van der Waals surface area (Å²) in [5.41, 5.74) is 1.68. The number of alkyl halides is 3. The highest BCUT2D eigenvalue weighted by atomic mass is 32.2. The average Bonchev–Trinajstić information content (AvgIpc) is 2.82. The van der Waals surface area contributed by atoms with E-state index >= 15 is 0 Å². The van der Waals surface area contributed by atoms with Crippen molar-refractivity contribution in [3.8, 4) is 5.75 Å². The second kappa shape index (κ2) is 9.46. The Hall–Kier alpha value is -2.79. The third-order valence-corrected chi connectivity index (χ3v) is 7.94. The van der Waals surface area contributed by atoms with Gasteiger partial charge < -0.3 is 9.64 Å². The Labute approximate surface area is 196 Å². The molecule has 2 aliphatic heterocycles. The van der Waals surface area contributed by atoms with Crippen molar-refractivity contribution in [2.75, 3.05) is 50.7 Å². The van der Waals surface area contributed by atoms with Crippen molar-refractivity contribution in [1.82, 2.24) is 9.80 Å². The monoisotopic (exact) mass is 497 g/mol. The maximum atomic E-state index is 13.7. The molecule has 0 aromatic heterocycles. The Morgan fingerprint density at radius 2 is 1.74 bits per heavy atom. The molecule has 7 nitrogen and oxygen atoms in total. The van der Waals surface area contributed by atoms with Crippen molar-refractivity contribution in [3.63, 3.8) is 0 Å². The van der Waals surface area contributed by atoms with E-state index in [1.165, 1.54) is 39.4 Å². The van der Waals surface area contributed by atoms with Crippen molar-refractivity contribution in [1.29, 1.82) is 0 Å². The van der Waals surface area contributed by atoms with Gasteiger partial charge in [-0.25, -0.2) is 8.42 Å². The summed E-state index contributed by atoms with van der Waals surface area (Å²) >= 11 is 0. The number of rotatable bonds is 5. The number of amides is 1. The minimum absolute atomic E-state index is 0.0944. The molecular weight excluding hydrogens is 471 g/mol. The third-order valence-electron chi connectivity index (χ3n) is 6.11. The number of ether oxygens (including phenoxy) is 1. The quantitative estimate of drug-likeness (QED) is 0.635. The fourth-order valence-electron chi connectivity index (χ4n) is 4.42. The Morgan fingerprint density at radius 3 is 2.41 bits per heavy atom. The molecule has 2 aromatic carbocycles. The van der Waals surface area contributed by atoms with Crippen molar-refractivity contribution in [2.45, 2.75) is 23.9 Å². The van der Waals surface area contributed by atoms with Crippen LogP contribution in [0.1, 0.15) is 22.3 Å². The molecular formula is C23H26F3N3O4S. The lowest BCUT2D eigenvalue weighted by Crippen LogP contribution is -2.50. The summed E-state index contributed by atoms with van der Waals surface area (Å²) in [6.07, 6.45) is -2.85. The van der Waals surface area contributed by atoms with E-state index in [0.29, 0.717) is 18.7 Å². The van der Waals surface area contributed by atoms with E-state index in [2.05, 4.69) is 0 Å². The van der Waals surface area contributed by atoms with E-state index < -0.39 is 28.7 Å². The number of aryl methyl sites for hydroxylation is 1. The Balaban J connectivity index is 1.59. The lowest BCUT2D eigenvalue weighted by Gasteiger charge is -2.35. The first-order chi connectivity index (χ1) is 16.1. The molecule has 1 amide bonds. The molecule has 0 spiro atoms. The second-order valence-electron chi connectivity index (χ2n) is 8.36. The number of sulfonamides is 1. The predicted octanol–water partition coefficient (Wildman–Crippen LogP) is 3.16. The van der Waals surface area contributed by atoms with Crippen LogP contribution in [0.4, 0.5) is 18.9 Å². The molecule has 34 heavy (non-hydrogen) atoms. The Kier molecular flexibility index (Phi) is 6.77. The van der Waals surface area contributed by atoms with Crippen molar-refractivity contribution in [2.24, 2.45) is 0 Å². The molecule has 0 bridgehead atoms. The smallest absolute Gasteiger partial charge is 0.401 e. The summed E-state index contributed by atoms with van der Waals surface area (Å²) in [6, 6.07) is 11.5. The topological polar surface area (TPSA) is 70.2 Å². The number of fused-ring (bicyclic) bond motifs is 1. The standard InChI is InChI=1S/C23H26F3N3O4S/c1-33-20-9-8-18(22(30)28-13-11-27(12-14-28)16-23(24,25)26)15-21(20)34(31,32)29-10-4-6-17-5-2-3-7-19(17)29/h2-3,5,7-9,15H,4,6,10-14,16H2,1H3. The molecule has 184 valence electrons. The van der Waals surface area contributed by atoms with Gasteiger partial charge in [-0.15, -0.1) is 0 Å². The number of benzene rings is 2. The fourth-order valence-corrected chi connectivity index (χ4v) is 6.15. The minimum atomic E-state index is -4.29. The fraction of sp³-hybridized carbons (Fsp3) is 0.435. The lowest BCUT2D eigenvalue weighted by atomic mass is 10.0. The maximum Gasteiger partial charge on any atom is 0.401 e. The van der Waals surface area contributed by atoms with Gasteiger partial charge in [-0.2, -0.15) is 13.2 Å². The van der Waals surface area contributed by atoms with Crippen molar-refractivity contribution < 1.29 is 31.1 Å². The van der Waals surface area contributed by atoms with E-state index in [4.69, 9.17) is 4.74 Å². The highest BCUT2D eigenvalue weighted by Gasteiger charge is 2.34. The summed E-state index contributed by atoms with van der Waals surface area (Å²) in [5.74, 6) is -0.306. The first-order valence-corrected chi connectivity index (χ1v) is 12.4. The summed E-state index contributed by atoms with van der Waals surface area (Å²) in [5, 5.41) is 0. The van der Waals surface area contributed by atoms with Gasteiger partial charge in [0.1, 0.15) is 10.6 Å². The molecule has 11 heteroatoms. The first-order valence-electron chi connectivity index (χ1n) is 11.0. The molecule has 2 aliphatic rings. The largest absolute Gasteiger partial charge is 0.495 e. The SMILES string of the molecule is COc1ccc(C(=O)N2CCN(CC(F)(F)F)CC2)cc1S(=O)(=O)N1CCCc2ccccc21. The van der Waals surface area contributed by atoms with E-state index in [1.54, 1.807) is 12.1 Å². The number of hydrogen-bond donors (Lipinski definition) is 0. The summed E-state index contributed by atoms with van der Waals surface area (Å²) in [4.78, 5) is 15.7. The van der Waals surface area contributed by atoms with Gasteiger partial charge in [0.15, 0.2) is 0 Å². The van der Waals surface area contributed by atoms with E-state index in [0.717, 1.165) is 12.0 Å². The van der Waals surface area contributed by atoms with Crippen LogP contribution in [0, 0.1) is 0 Å². The maximum absolute atomic E-state index is 13.7. The molecule has 0 radical (unpaired) electrons. The van der Waals surface area contributed by atoms with E-state index in [1.807, 2.05) is 12.1 Å². The Bertz CT molecular complexity index is 1160. The zero-order valence-corrected chi connectivity index (χ0v) is 19.5. The van der Waals surface area contributed by atoms with Crippen LogP contribution in [-0.2, 0) is 16.4 Å². The number of para-hydroxylation sites is 1. The Morgan fingerprint density at radius 1 is 1.03 bits per heavy atom. The van der Waals surface area contributed by atoms with E-state index in [-0.39, 0.29) is 42.4 Å². The molecule has 1 fully saturated rings. The zero-order chi connectivity index (χ0) is 24.5. The van der Waals surface area contributed by atoms with Gasteiger partial charge in [-0.1, -0.05) is 18.2 Å². The minimum Gasteiger partial charge on any atom is -0.495 e. The molecule has 1 saturated heterocycles. The van der Waals surface area contributed by atoms with Gasteiger partial charge >= 0.3 is 6.18 Å². The van der Waals surface area contributed by atoms with Gasteiger partial charge in [-0.05, 0) is 42.7 Å². The van der Waals surface area contributed by atoms with Crippen LogP contribution in [0.3, 0.4) is 0 Å². The normalized spacial score (nSPS) is 17.4. The highest BCUT2D eigenvalue weighted by Crippen LogP contribution is 2.35. The number of methoxy groups -OCH3 is 1. The average molecular weight is 498 g/mol. The molecule has 2 aromatic rings. The molecule has 0 atom stereocenters. The van der Waals surface area contributed by atoms with Crippen molar-refractivity contribution >= 4 is 21.6 Å². The van der Waals surface area contributed by atoms with Crippen molar-refractivity contribution in [3.05, 3.63) is 53.6 Å². The van der Waals surface area contributed by atoms with Crippen LogP contribution < -0.4 is 9.04 Å². The molecule has 4 rings (SSSR count). The summed E-state index contributed by atoms with van der Waals surface area (Å²) in [6.45, 7) is -0.265. The number of hydrogen-bond acceptors (Lipinski definition) is 5. The second-order valence-corrected chi connectivity index (χ2v) is 10.2. The molecule has 0 N–H and O–H groups in total. The molecule has 0 unspecified atom stereocenters. The van der Waals surface area contributed by atoms with E-state index in [9.17, 15) is 26.4 Å². The van der Waals surface area contributed by atoms with Crippen LogP contribution in [0.5, 0.6) is 5.75 Å². The first kappa shape index (κ1) is 24.3. The lowest BCUT2D eigenvalue weighted by molar-refractivity contribution is -0.148. The van der Waals surface area contributed by atoms with Crippen LogP contribution in [0.25, 0.3) is 0 Å². The van der Waals surface area contributed by atoms with Crippen LogP contribution >= 0.6 is 0 Å². The number of halogens is 3. The van der Waals surface area contributed by atoms with Gasteiger partial charge in [0.2, 0.25) is 0 Å². The predicted molar refractivity (Wildman–Crippen MR) is 121 cm³/mol. The molecule has 0 saturated carbocycles. The molecule has 2 heterocycles.